The first-order chi connectivity index (χ1) is 13.5. The molecule has 6 nitrogen and oxygen atoms in total. The molecule has 2 aromatic rings. The third-order valence-corrected chi connectivity index (χ3v) is 4.48. The van der Waals surface area contributed by atoms with Crippen molar-refractivity contribution in [1.82, 2.24) is 5.32 Å². The SMILES string of the molecule is O=C(O)/C(=C/c1ccc(OC2CCCCC2=O)cc1)NC(=O)c1ccccc1. The Labute approximate surface area is 162 Å². The van der Waals surface area contributed by atoms with Gasteiger partial charge in [0.15, 0.2) is 11.9 Å². The van der Waals surface area contributed by atoms with E-state index in [9.17, 15) is 19.5 Å². The van der Waals surface area contributed by atoms with E-state index in [2.05, 4.69) is 5.32 Å². The Morgan fingerprint density at radius 2 is 1.75 bits per heavy atom. The van der Waals surface area contributed by atoms with Crippen molar-refractivity contribution < 1.29 is 24.2 Å². The second-order valence-electron chi connectivity index (χ2n) is 6.57. The van der Waals surface area contributed by atoms with Crippen molar-refractivity contribution in [2.45, 2.75) is 31.8 Å². The number of hydrogen-bond donors (Lipinski definition) is 2. The number of carbonyl (C=O) groups excluding carboxylic acids is 2. The summed E-state index contributed by atoms with van der Waals surface area (Å²) < 4.78 is 5.74. The maximum absolute atomic E-state index is 12.2. The quantitative estimate of drug-likeness (QED) is 0.750. The van der Waals surface area contributed by atoms with E-state index in [4.69, 9.17) is 4.74 Å². The van der Waals surface area contributed by atoms with Gasteiger partial charge in [-0.15, -0.1) is 0 Å². The number of carbonyl (C=O) groups is 3. The van der Waals surface area contributed by atoms with Crippen LogP contribution in [-0.2, 0) is 9.59 Å². The summed E-state index contributed by atoms with van der Waals surface area (Å²) in [4.78, 5) is 35.5. The topological polar surface area (TPSA) is 92.7 Å². The first kappa shape index (κ1) is 19.4. The number of ether oxygens (including phenoxy) is 1. The summed E-state index contributed by atoms with van der Waals surface area (Å²) in [5.74, 6) is -1.06. The molecule has 144 valence electrons. The van der Waals surface area contributed by atoms with Gasteiger partial charge in [-0.25, -0.2) is 4.79 Å². The van der Waals surface area contributed by atoms with Gasteiger partial charge >= 0.3 is 5.97 Å². The number of aliphatic carboxylic acids is 1. The summed E-state index contributed by atoms with van der Waals surface area (Å²) in [5, 5.41) is 11.8. The van der Waals surface area contributed by atoms with Crippen molar-refractivity contribution in [3.63, 3.8) is 0 Å². The predicted molar refractivity (Wildman–Crippen MR) is 104 cm³/mol. The molecule has 0 heterocycles. The van der Waals surface area contributed by atoms with Crippen LogP contribution in [0.15, 0.2) is 60.3 Å². The lowest BCUT2D eigenvalue weighted by Crippen LogP contribution is -2.30. The van der Waals surface area contributed by atoms with Crippen LogP contribution in [-0.4, -0.2) is 28.9 Å². The average Bonchev–Trinajstić information content (AvgIpc) is 2.71. The minimum absolute atomic E-state index is 0.118. The second kappa shape index (κ2) is 8.99. The molecule has 1 aliphatic carbocycles. The molecule has 2 aromatic carbocycles. The molecule has 1 atom stereocenters. The van der Waals surface area contributed by atoms with Gasteiger partial charge in [-0.2, -0.15) is 0 Å². The normalized spacial score (nSPS) is 17.1. The van der Waals surface area contributed by atoms with Crippen molar-refractivity contribution in [1.29, 1.82) is 0 Å². The lowest BCUT2D eigenvalue weighted by atomic mass is 9.96. The van der Waals surface area contributed by atoms with E-state index in [-0.39, 0.29) is 11.5 Å². The molecule has 0 bridgehead atoms. The number of benzene rings is 2. The van der Waals surface area contributed by atoms with Crippen molar-refractivity contribution in [2.24, 2.45) is 0 Å². The van der Waals surface area contributed by atoms with Crippen LogP contribution in [0.5, 0.6) is 5.75 Å². The molecule has 0 radical (unpaired) electrons. The summed E-state index contributed by atoms with van der Waals surface area (Å²) in [6.45, 7) is 0. The molecule has 6 heteroatoms. The molecule has 0 aromatic heterocycles. The summed E-state index contributed by atoms with van der Waals surface area (Å²) in [6.07, 6.45) is 4.12. The predicted octanol–water partition coefficient (Wildman–Crippen LogP) is 3.43. The van der Waals surface area contributed by atoms with E-state index in [1.807, 2.05) is 0 Å². The highest BCUT2D eigenvalue weighted by molar-refractivity contribution is 6.02. The molecule has 3 rings (SSSR count). The minimum atomic E-state index is -1.24. The summed E-state index contributed by atoms with van der Waals surface area (Å²) in [6, 6.07) is 15.1. The number of carboxylic acids is 1. The van der Waals surface area contributed by atoms with Crippen LogP contribution in [0.3, 0.4) is 0 Å². The highest BCUT2D eigenvalue weighted by atomic mass is 16.5. The van der Waals surface area contributed by atoms with Gasteiger partial charge in [0.1, 0.15) is 11.4 Å². The van der Waals surface area contributed by atoms with Gasteiger partial charge in [0, 0.05) is 12.0 Å². The van der Waals surface area contributed by atoms with E-state index < -0.39 is 18.0 Å². The molecular weight excluding hydrogens is 358 g/mol. The molecule has 0 spiro atoms. The molecule has 1 fully saturated rings. The molecule has 0 saturated heterocycles. The zero-order valence-electron chi connectivity index (χ0n) is 15.3. The Balaban J connectivity index is 1.69. The fraction of sp³-hybridized carbons (Fsp3) is 0.227. The van der Waals surface area contributed by atoms with Crippen molar-refractivity contribution in [2.75, 3.05) is 0 Å². The zero-order chi connectivity index (χ0) is 19.9. The molecule has 1 unspecified atom stereocenters. The van der Waals surface area contributed by atoms with Crippen LogP contribution in [0.2, 0.25) is 0 Å². The van der Waals surface area contributed by atoms with Crippen LogP contribution >= 0.6 is 0 Å². The van der Waals surface area contributed by atoms with Crippen molar-refractivity contribution >= 4 is 23.7 Å². The summed E-state index contributed by atoms with van der Waals surface area (Å²) in [7, 11) is 0. The van der Waals surface area contributed by atoms with Crippen LogP contribution in [0.1, 0.15) is 41.6 Å². The van der Waals surface area contributed by atoms with E-state index >= 15 is 0 Å². The van der Waals surface area contributed by atoms with Crippen molar-refractivity contribution in [3.8, 4) is 5.75 Å². The van der Waals surface area contributed by atoms with Gasteiger partial charge in [0.2, 0.25) is 0 Å². The first-order valence-electron chi connectivity index (χ1n) is 9.14. The Morgan fingerprint density at radius 3 is 2.39 bits per heavy atom. The third kappa shape index (κ3) is 5.07. The Morgan fingerprint density at radius 1 is 1.04 bits per heavy atom. The maximum Gasteiger partial charge on any atom is 0.352 e. The summed E-state index contributed by atoms with van der Waals surface area (Å²) in [5.41, 5.74) is 0.730. The monoisotopic (exact) mass is 379 g/mol. The van der Waals surface area contributed by atoms with E-state index in [0.717, 1.165) is 19.3 Å². The number of rotatable bonds is 6. The summed E-state index contributed by atoms with van der Waals surface area (Å²) >= 11 is 0. The van der Waals surface area contributed by atoms with Gasteiger partial charge in [-0.05, 0) is 55.2 Å². The van der Waals surface area contributed by atoms with Crippen LogP contribution < -0.4 is 10.1 Å². The lowest BCUT2D eigenvalue weighted by molar-refractivity contribution is -0.133. The van der Waals surface area contributed by atoms with Crippen LogP contribution in [0, 0.1) is 0 Å². The molecule has 1 amide bonds. The van der Waals surface area contributed by atoms with E-state index in [0.29, 0.717) is 23.3 Å². The average molecular weight is 379 g/mol. The Hall–Kier alpha value is -3.41. The standard InChI is InChI=1S/C22H21NO5/c24-19-8-4-5-9-20(19)28-17-12-10-15(11-13-17)14-18(22(26)27)23-21(25)16-6-2-1-3-7-16/h1-3,6-7,10-14,20H,4-5,8-9H2,(H,23,25)(H,26,27)/b18-14-. The third-order valence-electron chi connectivity index (χ3n) is 4.48. The number of amides is 1. The highest BCUT2D eigenvalue weighted by Gasteiger charge is 2.23. The van der Waals surface area contributed by atoms with Gasteiger partial charge in [0.05, 0.1) is 0 Å². The minimum Gasteiger partial charge on any atom is -0.483 e. The second-order valence-corrected chi connectivity index (χ2v) is 6.57. The van der Waals surface area contributed by atoms with E-state index in [1.165, 1.54) is 6.08 Å². The van der Waals surface area contributed by atoms with Crippen LogP contribution in [0.25, 0.3) is 6.08 Å². The van der Waals surface area contributed by atoms with Gasteiger partial charge in [0.25, 0.3) is 5.91 Å². The number of Topliss-reactive ketones (excluding diaryl/α,β-unsaturated/α-hetero) is 1. The molecule has 1 saturated carbocycles. The van der Waals surface area contributed by atoms with Gasteiger partial charge < -0.3 is 15.2 Å². The number of ketones is 1. The van der Waals surface area contributed by atoms with E-state index in [1.54, 1.807) is 54.6 Å². The fourth-order valence-corrected chi connectivity index (χ4v) is 2.98. The smallest absolute Gasteiger partial charge is 0.352 e. The number of nitrogens with one attached hydrogen (secondary N) is 1. The highest BCUT2D eigenvalue weighted by Crippen LogP contribution is 2.22. The lowest BCUT2D eigenvalue weighted by Gasteiger charge is -2.21. The molecule has 1 aliphatic rings. The Bertz CT molecular complexity index is 887. The van der Waals surface area contributed by atoms with Gasteiger partial charge in [-0.3, -0.25) is 9.59 Å². The maximum atomic E-state index is 12.2. The zero-order valence-corrected chi connectivity index (χ0v) is 15.3. The molecule has 28 heavy (non-hydrogen) atoms. The van der Waals surface area contributed by atoms with Gasteiger partial charge in [-0.1, -0.05) is 30.3 Å². The number of hydrogen-bond acceptors (Lipinski definition) is 4. The largest absolute Gasteiger partial charge is 0.483 e. The first-order valence-corrected chi connectivity index (χ1v) is 9.14. The molecule has 2 N–H and O–H groups in total. The van der Waals surface area contributed by atoms with Crippen LogP contribution in [0.4, 0.5) is 0 Å². The number of carboxylic acid groups (broad SMARTS) is 1. The fourth-order valence-electron chi connectivity index (χ4n) is 2.98. The Kier molecular flexibility index (Phi) is 6.22. The van der Waals surface area contributed by atoms with Crippen molar-refractivity contribution in [3.05, 3.63) is 71.4 Å². The molecule has 0 aliphatic heterocycles. The molecular formula is C22H21NO5.